The third kappa shape index (κ3) is 5.69. The molecule has 1 saturated heterocycles. The highest BCUT2D eigenvalue weighted by Crippen LogP contribution is 2.24. The lowest BCUT2D eigenvalue weighted by atomic mass is 9.89. The quantitative estimate of drug-likeness (QED) is 0.785. The molecule has 1 rings (SSSR count). The van der Waals surface area contributed by atoms with Gasteiger partial charge in [0, 0.05) is 24.5 Å². The van der Waals surface area contributed by atoms with Crippen LogP contribution in [-0.2, 0) is 9.47 Å². The lowest BCUT2D eigenvalue weighted by Gasteiger charge is -2.38. The van der Waals surface area contributed by atoms with Crippen LogP contribution in [0.25, 0.3) is 0 Å². The maximum Gasteiger partial charge on any atom is 0.407 e. The van der Waals surface area contributed by atoms with Gasteiger partial charge in [-0.05, 0) is 27.7 Å². The number of hydrogen-bond acceptors (Lipinski definition) is 4. The zero-order chi connectivity index (χ0) is 13.8. The molecule has 1 aliphatic rings. The fourth-order valence-electron chi connectivity index (χ4n) is 1.70. The summed E-state index contributed by atoms with van der Waals surface area (Å²) in [6.07, 6.45) is -0.366. The number of amides is 1. The van der Waals surface area contributed by atoms with E-state index in [2.05, 4.69) is 17.6 Å². The predicted molar refractivity (Wildman–Crippen MR) is 70.6 cm³/mol. The maximum atomic E-state index is 11.5. The Hall–Kier alpha value is -0.810. The highest BCUT2D eigenvalue weighted by molar-refractivity contribution is 5.68. The standard InChI is InChI=1S/C13H26N2O3/c1-10(15-11(16)18-12(2,3)4)6-14-7-13(5)8-17-9-13/h10,14H,6-9H2,1-5H3,(H,15,16). The minimum absolute atomic E-state index is 0.0458. The van der Waals surface area contributed by atoms with Gasteiger partial charge in [0.15, 0.2) is 0 Å². The van der Waals surface area contributed by atoms with Crippen LogP contribution < -0.4 is 10.6 Å². The van der Waals surface area contributed by atoms with Gasteiger partial charge >= 0.3 is 6.09 Å². The Balaban J connectivity index is 2.13. The molecule has 0 aliphatic carbocycles. The van der Waals surface area contributed by atoms with Crippen molar-refractivity contribution in [1.29, 1.82) is 0 Å². The van der Waals surface area contributed by atoms with E-state index in [1.54, 1.807) is 0 Å². The molecule has 18 heavy (non-hydrogen) atoms. The molecule has 1 heterocycles. The summed E-state index contributed by atoms with van der Waals surface area (Å²) in [4.78, 5) is 11.5. The van der Waals surface area contributed by atoms with E-state index < -0.39 is 5.60 Å². The van der Waals surface area contributed by atoms with Crippen molar-refractivity contribution >= 4 is 6.09 Å². The smallest absolute Gasteiger partial charge is 0.407 e. The SMILES string of the molecule is CC(CNCC1(C)COC1)NC(=O)OC(C)(C)C. The molecule has 1 unspecified atom stereocenters. The maximum absolute atomic E-state index is 11.5. The molecule has 0 spiro atoms. The molecule has 0 radical (unpaired) electrons. The Kier molecular flexibility index (Phi) is 4.99. The van der Waals surface area contributed by atoms with E-state index in [0.717, 1.165) is 26.3 Å². The van der Waals surface area contributed by atoms with Crippen molar-refractivity contribution in [3.05, 3.63) is 0 Å². The van der Waals surface area contributed by atoms with E-state index in [9.17, 15) is 4.79 Å². The summed E-state index contributed by atoms with van der Waals surface area (Å²) >= 11 is 0. The van der Waals surface area contributed by atoms with Crippen LogP contribution in [-0.4, -0.2) is 44.0 Å². The molecule has 0 saturated carbocycles. The third-order valence-corrected chi connectivity index (χ3v) is 2.67. The molecule has 1 fully saturated rings. The van der Waals surface area contributed by atoms with Crippen LogP contribution >= 0.6 is 0 Å². The highest BCUT2D eigenvalue weighted by Gasteiger charge is 2.32. The van der Waals surface area contributed by atoms with Gasteiger partial charge in [-0.25, -0.2) is 4.79 Å². The van der Waals surface area contributed by atoms with Gasteiger partial charge in [0.1, 0.15) is 5.60 Å². The van der Waals surface area contributed by atoms with Crippen LogP contribution in [0.3, 0.4) is 0 Å². The summed E-state index contributed by atoms with van der Waals surface area (Å²) in [5.41, 5.74) is -0.195. The van der Waals surface area contributed by atoms with E-state index in [1.807, 2.05) is 27.7 Å². The second-order valence-electron chi connectivity index (χ2n) is 6.48. The average Bonchev–Trinajstić information content (AvgIpc) is 2.11. The van der Waals surface area contributed by atoms with Gasteiger partial charge in [0.25, 0.3) is 0 Å². The summed E-state index contributed by atoms with van der Waals surface area (Å²) in [6, 6.07) is 0.0458. The second-order valence-corrected chi connectivity index (χ2v) is 6.48. The Labute approximate surface area is 110 Å². The largest absolute Gasteiger partial charge is 0.444 e. The molecule has 1 atom stereocenters. The molecule has 0 aromatic carbocycles. The van der Waals surface area contributed by atoms with E-state index in [-0.39, 0.29) is 17.6 Å². The number of hydrogen-bond donors (Lipinski definition) is 2. The van der Waals surface area contributed by atoms with Crippen LogP contribution in [0.4, 0.5) is 4.79 Å². The van der Waals surface area contributed by atoms with E-state index in [4.69, 9.17) is 9.47 Å². The zero-order valence-electron chi connectivity index (χ0n) is 12.1. The average molecular weight is 258 g/mol. The summed E-state index contributed by atoms with van der Waals surface area (Å²) in [7, 11) is 0. The number of nitrogens with one attached hydrogen (secondary N) is 2. The fourth-order valence-corrected chi connectivity index (χ4v) is 1.70. The van der Waals surface area contributed by atoms with Gasteiger partial charge < -0.3 is 20.1 Å². The van der Waals surface area contributed by atoms with E-state index >= 15 is 0 Å². The van der Waals surface area contributed by atoms with E-state index in [0.29, 0.717) is 0 Å². The van der Waals surface area contributed by atoms with Crippen molar-refractivity contribution < 1.29 is 14.3 Å². The number of alkyl carbamates (subject to hydrolysis) is 1. The molecule has 0 aromatic heterocycles. The number of ether oxygens (including phenoxy) is 2. The van der Waals surface area contributed by atoms with Gasteiger partial charge in [0.2, 0.25) is 0 Å². The second kappa shape index (κ2) is 5.89. The van der Waals surface area contributed by atoms with Crippen molar-refractivity contribution in [3.8, 4) is 0 Å². The Morgan fingerprint density at radius 1 is 1.44 bits per heavy atom. The molecule has 5 heteroatoms. The zero-order valence-corrected chi connectivity index (χ0v) is 12.1. The Morgan fingerprint density at radius 3 is 2.50 bits per heavy atom. The van der Waals surface area contributed by atoms with E-state index in [1.165, 1.54) is 0 Å². The van der Waals surface area contributed by atoms with Crippen molar-refractivity contribution in [1.82, 2.24) is 10.6 Å². The molecule has 106 valence electrons. The van der Waals surface area contributed by atoms with Crippen LogP contribution in [0.2, 0.25) is 0 Å². The van der Waals surface area contributed by atoms with Gasteiger partial charge in [-0.1, -0.05) is 6.92 Å². The van der Waals surface area contributed by atoms with Crippen molar-refractivity contribution in [2.45, 2.75) is 46.3 Å². The minimum Gasteiger partial charge on any atom is -0.444 e. The minimum atomic E-state index is -0.450. The third-order valence-electron chi connectivity index (χ3n) is 2.67. The van der Waals surface area contributed by atoms with Crippen molar-refractivity contribution in [2.75, 3.05) is 26.3 Å². The number of rotatable bonds is 5. The number of carbonyl (C=O) groups is 1. The van der Waals surface area contributed by atoms with Gasteiger partial charge in [-0.2, -0.15) is 0 Å². The first kappa shape index (κ1) is 15.2. The summed E-state index contributed by atoms with van der Waals surface area (Å²) in [6.45, 7) is 13.0. The summed E-state index contributed by atoms with van der Waals surface area (Å²) in [5, 5.41) is 6.15. The summed E-state index contributed by atoms with van der Waals surface area (Å²) < 4.78 is 10.4. The molecule has 1 amide bonds. The van der Waals surface area contributed by atoms with Gasteiger partial charge in [-0.15, -0.1) is 0 Å². The Bertz CT molecular complexity index is 282. The monoisotopic (exact) mass is 258 g/mol. The Morgan fingerprint density at radius 2 is 2.06 bits per heavy atom. The molecule has 5 nitrogen and oxygen atoms in total. The lowest BCUT2D eigenvalue weighted by Crippen LogP contribution is -2.50. The molecule has 0 aromatic rings. The molecule has 1 aliphatic heterocycles. The molecule has 2 N–H and O–H groups in total. The van der Waals surface area contributed by atoms with Crippen LogP contribution in [0.5, 0.6) is 0 Å². The molecule has 0 bridgehead atoms. The van der Waals surface area contributed by atoms with Crippen molar-refractivity contribution in [3.63, 3.8) is 0 Å². The van der Waals surface area contributed by atoms with Crippen molar-refractivity contribution in [2.24, 2.45) is 5.41 Å². The van der Waals surface area contributed by atoms with Crippen LogP contribution in [0, 0.1) is 5.41 Å². The van der Waals surface area contributed by atoms with Crippen LogP contribution in [0.15, 0.2) is 0 Å². The van der Waals surface area contributed by atoms with Crippen LogP contribution in [0.1, 0.15) is 34.6 Å². The first-order valence-corrected chi connectivity index (χ1v) is 6.48. The fraction of sp³-hybridized carbons (Fsp3) is 0.923. The normalized spacial score (nSPS) is 19.8. The molecular formula is C13H26N2O3. The first-order chi connectivity index (χ1) is 8.20. The topological polar surface area (TPSA) is 59.6 Å². The molecular weight excluding hydrogens is 232 g/mol. The predicted octanol–water partition coefficient (Wildman–Crippen LogP) is 1.53. The van der Waals surface area contributed by atoms with Gasteiger partial charge in [0.05, 0.1) is 13.2 Å². The summed E-state index contributed by atoms with van der Waals surface area (Å²) in [5.74, 6) is 0. The number of carbonyl (C=O) groups excluding carboxylic acids is 1. The first-order valence-electron chi connectivity index (χ1n) is 6.48. The lowest BCUT2D eigenvalue weighted by molar-refractivity contribution is -0.0990. The highest BCUT2D eigenvalue weighted by atomic mass is 16.6. The van der Waals surface area contributed by atoms with Gasteiger partial charge in [-0.3, -0.25) is 0 Å².